The zero-order valence-electron chi connectivity index (χ0n) is 6.71. The minimum absolute atomic E-state index is 0.0330. The van der Waals surface area contributed by atoms with Crippen LogP contribution < -0.4 is 15.2 Å². The number of nitrogens with two attached hydrogens (primary N) is 1. The summed E-state index contributed by atoms with van der Waals surface area (Å²) in [5.74, 6) is -0.589. The highest BCUT2D eigenvalue weighted by atomic mass is 19.1. The fourth-order valence-corrected chi connectivity index (χ4v) is 1.26. The van der Waals surface area contributed by atoms with Gasteiger partial charge in [0.05, 0.1) is 5.56 Å². The van der Waals surface area contributed by atoms with Crippen LogP contribution in [0.1, 0.15) is 5.56 Å². The standard InChI is InChI=1S/C8H8FNO3/c9-7-4(2-10)8-6(1-5(7)11)12-3-13-8/h1,11H,2-3,10H2. The molecule has 0 saturated carbocycles. The van der Waals surface area contributed by atoms with Gasteiger partial charge in [-0.3, -0.25) is 0 Å². The van der Waals surface area contributed by atoms with Gasteiger partial charge >= 0.3 is 0 Å². The van der Waals surface area contributed by atoms with Gasteiger partial charge in [0, 0.05) is 12.6 Å². The van der Waals surface area contributed by atoms with E-state index in [4.69, 9.17) is 20.3 Å². The van der Waals surface area contributed by atoms with Crippen LogP contribution in [0.3, 0.4) is 0 Å². The normalized spacial score (nSPS) is 13.4. The summed E-state index contributed by atoms with van der Waals surface area (Å²) in [6, 6.07) is 1.18. The van der Waals surface area contributed by atoms with Crippen molar-refractivity contribution in [3.05, 3.63) is 17.4 Å². The molecule has 5 heteroatoms. The molecule has 2 rings (SSSR count). The number of rotatable bonds is 1. The van der Waals surface area contributed by atoms with E-state index in [0.29, 0.717) is 5.75 Å². The minimum atomic E-state index is -0.744. The third kappa shape index (κ3) is 1.08. The van der Waals surface area contributed by atoms with Crippen molar-refractivity contribution in [2.24, 2.45) is 5.73 Å². The van der Waals surface area contributed by atoms with E-state index < -0.39 is 11.6 Å². The molecule has 0 bridgehead atoms. The fourth-order valence-electron chi connectivity index (χ4n) is 1.26. The summed E-state index contributed by atoms with van der Waals surface area (Å²) in [5.41, 5.74) is 5.45. The third-order valence-electron chi connectivity index (χ3n) is 1.88. The Labute approximate surface area is 73.7 Å². The van der Waals surface area contributed by atoms with Gasteiger partial charge in [0.1, 0.15) is 0 Å². The average Bonchev–Trinajstić information content (AvgIpc) is 2.54. The van der Waals surface area contributed by atoms with Crippen molar-refractivity contribution in [1.29, 1.82) is 0 Å². The van der Waals surface area contributed by atoms with E-state index in [1.807, 2.05) is 0 Å². The van der Waals surface area contributed by atoms with Crippen LogP contribution in [0.25, 0.3) is 0 Å². The lowest BCUT2D eigenvalue weighted by molar-refractivity contribution is 0.173. The first-order valence-corrected chi connectivity index (χ1v) is 3.74. The number of ether oxygens (including phenoxy) is 2. The van der Waals surface area contributed by atoms with Gasteiger partial charge in [-0.1, -0.05) is 0 Å². The third-order valence-corrected chi connectivity index (χ3v) is 1.88. The molecule has 1 aromatic rings. The van der Waals surface area contributed by atoms with E-state index in [9.17, 15) is 4.39 Å². The molecule has 0 radical (unpaired) electrons. The van der Waals surface area contributed by atoms with Crippen molar-refractivity contribution in [2.75, 3.05) is 6.79 Å². The van der Waals surface area contributed by atoms with Gasteiger partial charge < -0.3 is 20.3 Å². The van der Waals surface area contributed by atoms with Crippen LogP contribution in [0.15, 0.2) is 6.07 Å². The molecule has 0 aliphatic carbocycles. The molecule has 0 amide bonds. The number of phenolic OH excluding ortho intramolecular Hbond substituents is 1. The number of fused-ring (bicyclic) bond motifs is 1. The molecule has 13 heavy (non-hydrogen) atoms. The molecule has 1 aliphatic heterocycles. The summed E-state index contributed by atoms with van der Waals surface area (Å²) < 4.78 is 23.2. The second kappa shape index (κ2) is 2.77. The maximum atomic E-state index is 13.2. The molecule has 70 valence electrons. The van der Waals surface area contributed by atoms with Gasteiger partial charge in [-0.05, 0) is 0 Å². The monoisotopic (exact) mass is 185 g/mol. The van der Waals surface area contributed by atoms with E-state index in [-0.39, 0.29) is 24.7 Å². The quantitative estimate of drug-likeness (QED) is 0.676. The van der Waals surface area contributed by atoms with Crippen LogP contribution in [0.5, 0.6) is 17.2 Å². The van der Waals surface area contributed by atoms with Crippen molar-refractivity contribution in [3.8, 4) is 17.2 Å². The van der Waals surface area contributed by atoms with Gasteiger partial charge in [-0.25, -0.2) is 4.39 Å². The lowest BCUT2D eigenvalue weighted by Crippen LogP contribution is -2.02. The molecular formula is C8H8FNO3. The molecular weight excluding hydrogens is 177 g/mol. The van der Waals surface area contributed by atoms with Gasteiger partial charge in [0.25, 0.3) is 0 Å². The highest BCUT2D eigenvalue weighted by Gasteiger charge is 2.23. The predicted octanol–water partition coefficient (Wildman–Crippen LogP) is 0.719. The molecule has 1 heterocycles. The van der Waals surface area contributed by atoms with Crippen molar-refractivity contribution in [3.63, 3.8) is 0 Å². The van der Waals surface area contributed by atoms with Gasteiger partial charge in [0.15, 0.2) is 23.1 Å². The first-order valence-electron chi connectivity index (χ1n) is 3.74. The maximum absolute atomic E-state index is 13.2. The van der Waals surface area contributed by atoms with Crippen LogP contribution in [-0.2, 0) is 6.54 Å². The molecule has 0 spiro atoms. The summed E-state index contributed by atoms with van der Waals surface area (Å²) in [7, 11) is 0. The Morgan fingerprint density at radius 3 is 3.00 bits per heavy atom. The van der Waals surface area contributed by atoms with Crippen LogP contribution in [0.4, 0.5) is 4.39 Å². The van der Waals surface area contributed by atoms with E-state index in [0.717, 1.165) is 0 Å². The molecule has 0 aromatic heterocycles. The number of benzene rings is 1. The number of phenols is 1. The summed E-state index contributed by atoms with van der Waals surface area (Å²) in [4.78, 5) is 0. The lowest BCUT2D eigenvalue weighted by atomic mass is 10.1. The van der Waals surface area contributed by atoms with E-state index >= 15 is 0 Å². The first kappa shape index (κ1) is 8.12. The number of halogens is 1. The van der Waals surface area contributed by atoms with Crippen LogP contribution >= 0.6 is 0 Å². The van der Waals surface area contributed by atoms with Crippen molar-refractivity contribution < 1.29 is 19.0 Å². The SMILES string of the molecule is NCc1c(F)c(O)cc2c1OCO2. The summed E-state index contributed by atoms with van der Waals surface area (Å²) >= 11 is 0. The molecule has 0 atom stereocenters. The smallest absolute Gasteiger partial charge is 0.231 e. The predicted molar refractivity (Wildman–Crippen MR) is 42.1 cm³/mol. The zero-order valence-corrected chi connectivity index (χ0v) is 6.71. The molecule has 1 aliphatic rings. The van der Waals surface area contributed by atoms with E-state index in [1.54, 1.807) is 0 Å². The van der Waals surface area contributed by atoms with Crippen LogP contribution in [-0.4, -0.2) is 11.9 Å². The van der Waals surface area contributed by atoms with Crippen molar-refractivity contribution in [1.82, 2.24) is 0 Å². The Hall–Kier alpha value is -1.49. The topological polar surface area (TPSA) is 64.7 Å². The summed E-state index contributed by atoms with van der Waals surface area (Å²) in [6.45, 7) is -0.00282. The Kier molecular flexibility index (Phi) is 1.73. The summed E-state index contributed by atoms with van der Waals surface area (Å²) in [6.07, 6.45) is 0. The molecule has 3 N–H and O–H groups in total. The van der Waals surface area contributed by atoms with Crippen molar-refractivity contribution in [2.45, 2.75) is 6.54 Å². The molecule has 1 aromatic carbocycles. The number of hydrogen-bond acceptors (Lipinski definition) is 4. The van der Waals surface area contributed by atoms with Gasteiger partial charge in [-0.15, -0.1) is 0 Å². The Morgan fingerprint density at radius 2 is 2.31 bits per heavy atom. The second-order valence-electron chi connectivity index (χ2n) is 2.63. The van der Waals surface area contributed by atoms with Gasteiger partial charge in [0.2, 0.25) is 6.79 Å². The molecule has 4 nitrogen and oxygen atoms in total. The Balaban J connectivity index is 2.64. The zero-order chi connectivity index (χ0) is 9.42. The fraction of sp³-hybridized carbons (Fsp3) is 0.250. The highest BCUT2D eigenvalue weighted by Crippen LogP contribution is 2.40. The minimum Gasteiger partial charge on any atom is -0.505 e. The lowest BCUT2D eigenvalue weighted by Gasteiger charge is -2.05. The second-order valence-corrected chi connectivity index (χ2v) is 2.63. The number of aromatic hydroxyl groups is 1. The average molecular weight is 185 g/mol. The maximum Gasteiger partial charge on any atom is 0.231 e. The number of hydrogen-bond donors (Lipinski definition) is 2. The molecule has 0 saturated heterocycles. The Morgan fingerprint density at radius 1 is 1.54 bits per heavy atom. The highest BCUT2D eigenvalue weighted by molar-refractivity contribution is 5.53. The Bertz CT molecular complexity index is 354. The van der Waals surface area contributed by atoms with Crippen LogP contribution in [0.2, 0.25) is 0 Å². The molecule has 0 unspecified atom stereocenters. The van der Waals surface area contributed by atoms with E-state index in [2.05, 4.69) is 0 Å². The summed E-state index contributed by atoms with van der Waals surface area (Å²) in [5, 5.41) is 9.13. The van der Waals surface area contributed by atoms with Gasteiger partial charge in [-0.2, -0.15) is 0 Å². The first-order chi connectivity index (χ1) is 6.24. The largest absolute Gasteiger partial charge is 0.505 e. The molecule has 0 fully saturated rings. The van der Waals surface area contributed by atoms with Crippen LogP contribution in [0, 0.1) is 5.82 Å². The van der Waals surface area contributed by atoms with Crippen molar-refractivity contribution >= 4 is 0 Å². The van der Waals surface area contributed by atoms with E-state index in [1.165, 1.54) is 6.07 Å².